The summed E-state index contributed by atoms with van der Waals surface area (Å²) >= 11 is 13.8. The standard InChI is InChI=1S/C22H25Cl2NO3S/c1-21(2,3)28-20(26)25-12-10-22(27,11-13-25)16-6-4-5-7-18(16)29-19-9-8-15(23)14-17(19)24/h4-9,14,27H,10-13H2,1-3H3. The molecule has 0 bridgehead atoms. The average molecular weight is 454 g/mol. The van der Waals surface area contributed by atoms with Gasteiger partial charge in [-0.2, -0.15) is 0 Å². The number of amides is 1. The summed E-state index contributed by atoms with van der Waals surface area (Å²) in [5.74, 6) is 0. The van der Waals surface area contributed by atoms with Gasteiger partial charge in [-0.15, -0.1) is 0 Å². The van der Waals surface area contributed by atoms with Crippen LogP contribution in [-0.2, 0) is 10.3 Å². The van der Waals surface area contributed by atoms with Crippen LogP contribution < -0.4 is 0 Å². The van der Waals surface area contributed by atoms with E-state index in [-0.39, 0.29) is 6.09 Å². The van der Waals surface area contributed by atoms with E-state index in [2.05, 4.69) is 0 Å². The van der Waals surface area contributed by atoms with Crippen molar-refractivity contribution in [2.75, 3.05) is 13.1 Å². The molecule has 1 heterocycles. The summed E-state index contributed by atoms with van der Waals surface area (Å²) in [5.41, 5.74) is -0.702. The number of hydrogen-bond donors (Lipinski definition) is 1. The van der Waals surface area contributed by atoms with E-state index in [0.29, 0.717) is 36.0 Å². The van der Waals surface area contributed by atoms with Crippen molar-refractivity contribution in [1.29, 1.82) is 0 Å². The van der Waals surface area contributed by atoms with Crippen molar-refractivity contribution in [3.05, 3.63) is 58.1 Å². The van der Waals surface area contributed by atoms with E-state index >= 15 is 0 Å². The number of aliphatic hydroxyl groups is 1. The normalized spacial score (nSPS) is 16.6. The van der Waals surface area contributed by atoms with Crippen LogP contribution in [0.2, 0.25) is 10.0 Å². The Morgan fingerprint density at radius 1 is 1.10 bits per heavy atom. The van der Waals surface area contributed by atoms with Crippen LogP contribution >= 0.6 is 35.0 Å². The number of benzene rings is 2. The highest BCUT2D eigenvalue weighted by atomic mass is 35.5. The van der Waals surface area contributed by atoms with Crippen molar-refractivity contribution in [2.24, 2.45) is 0 Å². The molecule has 1 amide bonds. The molecule has 29 heavy (non-hydrogen) atoms. The molecule has 0 aliphatic carbocycles. The second-order valence-electron chi connectivity index (χ2n) is 8.17. The number of hydrogen-bond acceptors (Lipinski definition) is 4. The SMILES string of the molecule is CC(C)(C)OC(=O)N1CCC(O)(c2ccccc2Sc2ccc(Cl)cc2Cl)CC1. The second kappa shape index (κ2) is 8.76. The van der Waals surface area contributed by atoms with Crippen molar-refractivity contribution in [2.45, 2.75) is 54.6 Å². The Hall–Kier alpha value is -1.40. The summed E-state index contributed by atoms with van der Waals surface area (Å²) in [5, 5.41) is 12.6. The van der Waals surface area contributed by atoms with Gasteiger partial charge in [0, 0.05) is 27.9 Å². The molecule has 0 spiro atoms. The van der Waals surface area contributed by atoms with Gasteiger partial charge in [-0.1, -0.05) is 53.2 Å². The third-order valence-electron chi connectivity index (χ3n) is 4.74. The smallest absolute Gasteiger partial charge is 0.410 e. The lowest BCUT2D eigenvalue weighted by molar-refractivity contribution is -0.0371. The monoisotopic (exact) mass is 453 g/mol. The topological polar surface area (TPSA) is 49.8 Å². The largest absolute Gasteiger partial charge is 0.444 e. The Bertz CT molecular complexity index is 890. The molecule has 0 radical (unpaired) electrons. The fourth-order valence-corrected chi connectivity index (χ4v) is 4.84. The lowest BCUT2D eigenvalue weighted by atomic mass is 9.84. The fraction of sp³-hybridized carbons (Fsp3) is 0.409. The van der Waals surface area contributed by atoms with E-state index in [1.165, 1.54) is 11.8 Å². The van der Waals surface area contributed by atoms with Crippen molar-refractivity contribution >= 4 is 41.1 Å². The van der Waals surface area contributed by atoms with E-state index < -0.39 is 11.2 Å². The van der Waals surface area contributed by atoms with Gasteiger partial charge in [0.1, 0.15) is 5.60 Å². The number of ether oxygens (including phenoxy) is 1. The van der Waals surface area contributed by atoms with Crippen molar-refractivity contribution in [3.8, 4) is 0 Å². The first-order chi connectivity index (χ1) is 13.6. The molecular formula is C22H25Cl2NO3S. The van der Waals surface area contributed by atoms with Crippen LogP contribution in [0, 0.1) is 0 Å². The molecule has 1 N–H and O–H groups in total. The maximum absolute atomic E-state index is 12.3. The minimum absolute atomic E-state index is 0.338. The van der Waals surface area contributed by atoms with Gasteiger partial charge in [0.15, 0.2) is 0 Å². The molecule has 2 aromatic carbocycles. The van der Waals surface area contributed by atoms with Gasteiger partial charge in [-0.25, -0.2) is 4.79 Å². The Kier molecular flexibility index (Phi) is 6.74. The van der Waals surface area contributed by atoms with Crippen LogP contribution in [-0.4, -0.2) is 34.8 Å². The number of piperidine rings is 1. The number of carbonyl (C=O) groups is 1. The van der Waals surface area contributed by atoms with E-state index in [4.69, 9.17) is 27.9 Å². The Labute approximate surface area is 186 Å². The number of likely N-dealkylation sites (tertiary alicyclic amines) is 1. The summed E-state index contributed by atoms with van der Waals surface area (Å²) < 4.78 is 5.45. The maximum atomic E-state index is 12.3. The first kappa shape index (κ1) is 22.3. The summed E-state index contributed by atoms with van der Waals surface area (Å²) in [7, 11) is 0. The summed E-state index contributed by atoms with van der Waals surface area (Å²) in [6.45, 7) is 6.42. The van der Waals surface area contributed by atoms with Gasteiger partial charge in [0.05, 0.1) is 10.6 Å². The first-order valence-corrected chi connectivity index (χ1v) is 11.1. The lowest BCUT2D eigenvalue weighted by Gasteiger charge is -2.39. The molecule has 0 aromatic heterocycles. The molecule has 2 aromatic rings. The zero-order chi connectivity index (χ0) is 21.2. The molecule has 0 saturated carbocycles. The second-order valence-corrected chi connectivity index (χ2v) is 10.1. The van der Waals surface area contributed by atoms with Crippen molar-refractivity contribution < 1.29 is 14.6 Å². The highest BCUT2D eigenvalue weighted by Crippen LogP contribution is 2.42. The van der Waals surface area contributed by atoms with Gasteiger partial charge in [-0.3, -0.25) is 0 Å². The molecular weight excluding hydrogens is 429 g/mol. The zero-order valence-electron chi connectivity index (χ0n) is 16.7. The third kappa shape index (κ3) is 5.60. The molecule has 1 aliphatic rings. The van der Waals surface area contributed by atoms with E-state index in [1.807, 2.05) is 51.1 Å². The van der Waals surface area contributed by atoms with Crippen LogP contribution in [0.5, 0.6) is 0 Å². The van der Waals surface area contributed by atoms with E-state index in [0.717, 1.165) is 15.4 Å². The van der Waals surface area contributed by atoms with Gasteiger partial charge >= 0.3 is 6.09 Å². The maximum Gasteiger partial charge on any atom is 0.410 e. The molecule has 4 nitrogen and oxygen atoms in total. The minimum atomic E-state index is -1.01. The van der Waals surface area contributed by atoms with Crippen LogP contribution in [0.25, 0.3) is 0 Å². The minimum Gasteiger partial charge on any atom is -0.444 e. The lowest BCUT2D eigenvalue weighted by Crippen LogP contribution is -2.47. The summed E-state index contributed by atoms with van der Waals surface area (Å²) in [6.07, 6.45) is 0.547. The van der Waals surface area contributed by atoms with Crippen molar-refractivity contribution in [1.82, 2.24) is 4.90 Å². The van der Waals surface area contributed by atoms with Gasteiger partial charge in [0.2, 0.25) is 0 Å². The van der Waals surface area contributed by atoms with E-state index in [1.54, 1.807) is 17.0 Å². The Balaban J connectivity index is 1.77. The van der Waals surface area contributed by atoms with Crippen LogP contribution in [0.3, 0.4) is 0 Å². The molecule has 156 valence electrons. The highest BCUT2D eigenvalue weighted by molar-refractivity contribution is 7.99. The predicted molar refractivity (Wildman–Crippen MR) is 118 cm³/mol. The fourth-order valence-electron chi connectivity index (χ4n) is 3.27. The van der Waals surface area contributed by atoms with Crippen LogP contribution in [0.4, 0.5) is 4.79 Å². The number of rotatable bonds is 3. The number of carbonyl (C=O) groups excluding carboxylic acids is 1. The van der Waals surface area contributed by atoms with Crippen LogP contribution in [0.15, 0.2) is 52.3 Å². The van der Waals surface area contributed by atoms with Crippen LogP contribution in [0.1, 0.15) is 39.2 Å². The molecule has 3 rings (SSSR count). The number of nitrogens with zero attached hydrogens (tertiary/aromatic N) is 1. The average Bonchev–Trinajstić information content (AvgIpc) is 2.63. The zero-order valence-corrected chi connectivity index (χ0v) is 19.1. The summed E-state index contributed by atoms with van der Waals surface area (Å²) in [4.78, 5) is 15.8. The molecule has 1 aliphatic heterocycles. The highest BCUT2D eigenvalue weighted by Gasteiger charge is 2.38. The molecule has 0 atom stereocenters. The third-order valence-corrected chi connectivity index (χ3v) is 6.56. The van der Waals surface area contributed by atoms with Gasteiger partial charge in [-0.05, 0) is 63.4 Å². The number of halogens is 2. The van der Waals surface area contributed by atoms with E-state index in [9.17, 15) is 9.90 Å². The first-order valence-electron chi connectivity index (χ1n) is 9.50. The molecule has 1 fully saturated rings. The Morgan fingerprint density at radius 2 is 1.76 bits per heavy atom. The van der Waals surface area contributed by atoms with Gasteiger partial charge < -0.3 is 14.7 Å². The molecule has 7 heteroatoms. The molecule has 1 saturated heterocycles. The predicted octanol–water partition coefficient (Wildman–Crippen LogP) is 6.36. The van der Waals surface area contributed by atoms with Crippen molar-refractivity contribution in [3.63, 3.8) is 0 Å². The summed E-state index contributed by atoms with van der Waals surface area (Å²) in [6, 6.07) is 13.2. The molecule has 0 unspecified atom stereocenters. The quantitative estimate of drug-likeness (QED) is 0.586. The van der Waals surface area contributed by atoms with Gasteiger partial charge in [0.25, 0.3) is 0 Å². The Morgan fingerprint density at radius 3 is 2.38 bits per heavy atom.